The summed E-state index contributed by atoms with van der Waals surface area (Å²) in [5, 5.41) is 21.2. The Kier molecular flexibility index (Phi) is 9.10. The molecule has 0 amide bonds. The van der Waals surface area contributed by atoms with Crippen LogP contribution in [0.15, 0.2) is 24.3 Å². The quantitative estimate of drug-likeness (QED) is 0.166. The summed E-state index contributed by atoms with van der Waals surface area (Å²) in [6.07, 6.45) is 11.9. The van der Waals surface area contributed by atoms with E-state index in [0.29, 0.717) is 121 Å². The zero-order chi connectivity index (χ0) is 34.1. The molecular weight excluding hydrogens is 608 g/mol. The molecule has 0 heterocycles. The zero-order valence-electron chi connectivity index (χ0n) is 28.9. The van der Waals surface area contributed by atoms with Crippen LogP contribution in [-0.4, -0.2) is 47.3 Å². The average Bonchev–Trinajstić information content (AvgIpc) is 3.87. The highest BCUT2D eigenvalue weighted by Crippen LogP contribution is 2.67. The molecule has 0 aromatic rings. The Morgan fingerprint density at radius 3 is 1.67 bits per heavy atom. The first-order chi connectivity index (χ1) is 22.8. The summed E-state index contributed by atoms with van der Waals surface area (Å²) >= 11 is 0. The highest BCUT2D eigenvalue weighted by molar-refractivity contribution is 5.87. The molecule has 48 heavy (non-hydrogen) atoms. The number of rotatable bonds is 12. The summed E-state index contributed by atoms with van der Waals surface area (Å²) in [4.78, 5) is 49.9. The molecule has 2 N–H and O–H groups in total. The van der Waals surface area contributed by atoms with Crippen molar-refractivity contribution in [2.45, 2.75) is 97.3 Å². The van der Waals surface area contributed by atoms with Crippen molar-refractivity contribution in [2.75, 3.05) is 13.2 Å². The van der Waals surface area contributed by atoms with E-state index in [4.69, 9.17) is 9.47 Å². The standard InChI is InChI=1S/C40H56O8/c1-20(2)37(43)47-18-22-7-30-26-11-25(32(15-26)34(30)9-22)14-29-13-24(36(41)42)5-6-40(29,39(45)46)17-28-12-27-16-33(28)35-10-23(8-31(27)35)19-48-38(44)21(3)4/h22-35H,1,3,5-19H2,2,4H3,(H,41,42)(H,45,46). The van der Waals surface area contributed by atoms with Crippen molar-refractivity contribution in [3.8, 4) is 0 Å². The van der Waals surface area contributed by atoms with Gasteiger partial charge in [-0.05, 0) is 174 Å². The first-order valence-corrected chi connectivity index (χ1v) is 19.0. The summed E-state index contributed by atoms with van der Waals surface area (Å²) in [5.74, 6) is 3.75. The van der Waals surface area contributed by atoms with Crippen molar-refractivity contribution >= 4 is 23.9 Å². The van der Waals surface area contributed by atoms with E-state index in [1.165, 1.54) is 12.8 Å². The van der Waals surface area contributed by atoms with E-state index < -0.39 is 23.3 Å². The van der Waals surface area contributed by atoms with Crippen LogP contribution in [0.1, 0.15) is 97.3 Å². The van der Waals surface area contributed by atoms with Crippen molar-refractivity contribution in [1.82, 2.24) is 0 Å². The third kappa shape index (κ3) is 5.95. The number of fused-ring (bicyclic) bond motifs is 10. The van der Waals surface area contributed by atoms with Gasteiger partial charge < -0.3 is 19.7 Å². The maximum absolute atomic E-state index is 13.5. The third-order valence-corrected chi connectivity index (χ3v) is 15.3. The molecule has 0 spiro atoms. The van der Waals surface area contributed by atoms with Gasteiger partial charge in [0.2, 0.25) is 0 Å². The molecule has 7 fully saturated rings. The van der Waals surface area contributed by atoms with E-state index in [0.717, 1.165) is 44.9 Å². The molecule has 0 saturated heterocycles. The normalized spacial score (nSPS) is 45.0. The smallest absolute Gasteiger partial charge is 0.333 e. The van der Waals surface area contributed by atoms with Gasteiger partial charge in [0.25, 0.3) is 0 Å². The van der Waals surface area contributed by atoms with E-state index in [-0.39, 0.29) is 17.9 Å². The van der Waals surface area contributed by atoms with Gasteiger partial charge in [0.15, 0.2) is 0 Å². The van der Waals surface area contributed by atoms with Gasteiger partial charge in [0.05, 0.1) is 24.5 Å². The van der Waals surface area contributed by atoms with Crippen LogP contribution in [0.5, 0.6) is 0 Å². The maximum atomic E-state index is 13.5. The topological polar surface area (TPSA) is 127 Å². The summed E-state index contributed by atoms with van der Waals surface area (Å²) in [6.45, 7) is 11.7. The Balaban J connectivity index is 1.03. The van der Waals surface area contributed by atoms with Crippen LogP contribution in [0, 0.1) is 88.3 Å². The van der Waals surface area contributed by atoms with Crippen LogP contribution >= 0.6 is 0 Å². The molecule has 7 saturated carbocycles. The lowest BCUT2D eigenvalue weighted by atomic mass is 9.55. The molecule has 7 rings (SSSR count). The molecule has 7 aliphatic carbocycles. The lowest BCUT2D eigenvalue weighted by Crippen LogP contribution is -2.47. The van der Waals surface area contributed by atoms with Gasteiger partial charge in [-0.2, -0.15) is 0 Å². The van der Waals surface area contributed by atoms with Crippen LogP contribution in [-0.2, 0) is 28.7 Å². The number of carbonyl (C=O) groups excluding carboxylic acids is 2. The number of hydrogen-bond acceptors (Lipinski definition) is 6. The Bertz CT molecular complexity index is 1350. The lowest BCUT2D eigenvalue weighted by molar-refractivity contribution is -0.164. The predicted molar refractivity (Wildman–Crippen MR) is 178 cm³/mol. The summed E-state index contributed by atoms with van der Waals surface area (Å²) in [6, 6.07) is 0. The number of aliphatic carboxylic acids is 2. The van der Waals surface area contributed by atoms with E-state index in [1.807, 2.05) is 0 Å². The van der Waals surface area contributed by atoms with E-state index in [1.54, 1.807) is 13.8 Å². The SMILES string of the molecule is C=C(C)C(=O)OCC1CC2C3CC(CC4CC(C(=O)O)CCC4(CC4CC5CC4C4CC(COC(=O)C(=C)C)CC54)C(=O)O)C(C3)C2C1. The second-order valence-corrected chi connectivity index (χ2v) is 17.8. The number of esters is 2. The highest BCUT2D eigenvalue weighted by atomic mass is 16.5. The predicted octanol–water partition coefficient (Wildman–Crippen LogP) is 7.17. The van der Waals surface area contributed by atoms with E-state index in [2.05, 4.69) is 13.2 Å². The molecule has 15 unspecified atom stereocenters. The molecule has 4 bridgehead atoms. The van der Waals surface area contributed by atoms with Gasteiger partial charge in [-0.15, -0.1) is 0 Å². The number of carbonyl (C=O) groups is 4. The number of carboxylic acids is 2. The molecule has 0 aromatic carbocycles. The summed E-state index contributed by atoms with van der Waals surface area (Å²) in [7, 11) is 0. The van der Waals surface area contributed by atoms with Crippen molar-refractivity contribution in [3.63, 3.8) is 0 Å². The molecule has 15 atom stereocenters. The minimum absolute atomic E-state index is 0.117. The average molecular weight is 665 g/mol. The van der Waals surface area contributed by atoms with Crippen molar-refractivity contribution in [3.05, 3.63) is 24.3 Å². The van der Waals surface area contributed by atoms with Crippen LogP contribution in [0.25, 0.3) is 0 Å². The van der Waals surface area contributed by atoms with Crippen molar-refractivity contribution < 1.29 is 38.9 Å². The lowest BCUT2D eigenvalue weighted by Gasteiger charge is -2.48. The Hall–Kier alpha value is -2.64. The largest absolute Gasteiger partial charge is 0.481 e. The fourth-order valence-electron chi connectivity index (χ4n) is 13.4. The minimum Gasteiger partial charge on any atom is -0.481 e. The molecule has 264 valence electrons. The molecule has 0 aliphatic heterocycles. The molecule has 0 aromatic heterocycles. The molecular formula is C40H56O8. The third-order valence-electron chi connectivity index (χ3n) is 15.3. The Morgan fingerprint density at radius 2 is 1.17 bits per heavy atom. The first-order valence-electron chi connectivity index (χ1n) is 19.0. The van der Waals surface area contributed by atoms with Gasteiger partial charge in [-0.3, -0.25) is 9.59 Å². The molecule has 8 heteroatoms. The molecule has 8 nitrogen and oxygen atoms in total. The van der Waals surface area contributed by atoms with E-state index >= 15 is 0 Å². The van der Waals surface area contributed by atoms with Crippen molar-refractivity contribution in [1.29, 1.82) is 0 Å². The molecule has 0 radical (unpaired) electrons. The second kappa shape index (κ2) is 12.9. The van der Waals surface area contributed by atoms with Crippen LogP contribution in [0.3, 0.4) is 0 Å². The van der Waals surface area contributed by atoms with Crippen LogP contribution in [0.2, 0.25) is 0 Å². The molecule has 7 aliphatic rings. The first kappa shape index (κ1) is 33.8. The Morgan fingerprint density at radius 1 is 0.667 bits per heavy atom. The van der Waals surface area contributed by atoms with Crippen LogP contribution in [0.4, 0.5) is 0 Å². The maximum Gasteiger partial charge on any atom is 0.333 e. The number of carboxylic acid groups (broad SMARTS) is 2. The highest BCUT2D eigenvalue weighted by Gasteiger charge is 2.61. The van der Waals surface area contributed by atoms with Crippen molar-refractivity contribution in [2.24, 2.45) is 88.3 Å². The number of hydrogen-bond donors (Lipinski definition) is 2. The fourth-order valence-corrected chi connectivity index (χ4v) is 13.4. The van der Waals surface area contributed by atoms with Crippen LogP contribution < -0.4 is 0 Å². The summed E-state index contributed by atoms with van der Waals surface area (Å²) < 4.78 is 11.1. The van der Waals surface area contributed by atoms with Gasteiger partial charge in [0.1, 0.15) is 0 Å². The van der Waals surface area contributed by atoms with Gasteiger partial charge in [-0.25, -0.2) is 9.59 Å². The zero-order valence-corrected chi connectivity index (χ0v) is 28.9. The van der Waals surface area contributed by atoms with Gasteiger partial charge in [-0.1, -0.05) is 13.2 Å². The Labute approximate surface area is 285 Å². The minimum atomic E-state index is -0.859. The number of ether oxygens (including phenoxy) is 2. The van der Waals surface area contributed by atoms with Gasteiger partial charge >= 0.3 is 23.9 Å². The summed E-state index contributed by atoms with van der Waals surface area (Å²) in [5.41, 5.74) is 0.00221. The van der Waals surface area contributed by atoms with E-state index in [9.17, 15) is 29.4 Å². The monoisotopic (exact) mass is 664 g/mol. The second-order valence-electron chi connectivity index (χ2n) is 17.8. The fraction of sp³-hybridized carbons (Fsp3) is 0.800. The van der Waals surface area contributed by atoms with Gasteiger partial charge in [0, 0.05) is 11.1 Å².